The summed E-state index contributed by atoms with van der Waals surface area (Å²) in [6, 6.07) is 0. The van der Waals surface area contributed by atoms with E-state index in [9.17, 15) is 0 Å². The fraction of sp³-hybridized carbons (Fsp3) is 0. The Hall–Kier alpha value is 2.51. The van der Waals surface area contributed by atoms with Gasteiger partial charge in [0.05, 0.1) is 0 Å². The standard InChI is InChI=1S/K.Na.H2O4S/c;;1-5(2,3)4/h;;(H2,1,2,3,4)/q2*+1;/p-2. The van der Waals surface area contributed by atoms with Gasteiger partial charge in [0.1, 0.15) is 0 Å². The van der Waals surface area contributed by atoms with E-state index in [1.165, 1.54) is 0 Å². The Kier molecular flexibility index (Phi) is 15.4. The minimum atomic E-state index is -5.17. The summed E-state index contributed by atoms with van der Waals surface area (Å²) >= 11 is 0. The van der Waals surface area contributed by atoms with Crippen LogP contribution < -0.4 is 80.9 Å². The van der Waals surface area contributed by atoms with Crippen molar-refractivity contribution in [1.82, 2.24) is 0 Å². The van der Waals surface area contributed by atoms with E-state index in [1.54, 1.807) is 0 Å². The van der Waals surface area contributed by atoms with Crippen LogP contribution in [-0.2, 0) is 10.4 Å². The Morgan fingerprint density at radius 2 is 1.14 bits per heavy atom. The Bertz CT molecular complexity index is 94.9. The predicted octanol–water partition coefficient (Wildman–Crippen LogP) is -7.33. The van der Waals surface area contributed by atoms with Gasteiger partial charge in [0.15, 0.2) is 0 Å². The molecule has 0 spiro atoms. The third kappa shape index (κ3) is 57.3. The van der Waals surface area contributed by atoms with Crippen LogP contribution in [0.4, 0.5) is 0 Å². The molecule has 0 N–H and O–H groups in total. The summed E-state index contributed by atoms with van der Waals surface area (Å²) in [6.07, 6.45) is 0. The number of hydrogen-bond donors (Lipinski definition) is 0. The molecule has 0 aliphatic rings. The zero-order valence-electron chi connectivity index (χ0n) is 4.04. The van der Waals surface area contributed by atoms with Crippen molar-refractivity contribution in [2.24, 2.45) is 0 Å². The van der Waals surface area contributed by atoms with Crippen LogP contribution in [0.15, 0.2) is 0 Å². The van der Waals surface area contributed by atoms with Crippen molar-refractivity contribution in [3.05, 3.63) is 0 Å². The van der Waals surface area contributed by atoms with E-state index < -0.39 is 10.4 Å². The topological polar surface area (TPSA) is 80.3 Å². The molecule has 7 heavy (non-hydrogen) atoms. The van der Waals surface area contributed by atoms with E-state index in [0.717, 1.165) is 0 Å². The van der Waals surface area contributed by atoms with Gasteiger partial charge in [0.25, 0.3) is 0 Å². The zero-order chi connectivity index (χ0) is 4.50. The summed E-state index contributed by atoms with van der Waals surface area (Å²) in [5.74, 6) is 0. The van der Waals surface area contributed by atoms with Crippen LogP contribution in [0, 0.1) is 0 Å². The van der Waals surface area contributed by atoms with Crippen LogP contribution in [-0.4, -0.2) is 17.5 Å². The molecule has 0 amide bonds. The fourth-order valence-corrected chi connectivity index (χ4v) is 0. The normalized spacial score (nSPS) is 8.29. The van der Waals surface area contributed by atoms with Crippen LogP contribution in [0.5, 0.6) is 0 Å². The van der Waals surface area contributed by atoms with Crippen molar-refractivity contribution in [1.29, 1.82) is 0 Å². The van der Waals surface area contributed by atoms with Crippen LogP contribution in [0.25, 0.3) is 0 Å². The second-order valence-corrected chi connectivity index (χ2v) is 1.22. The third-order valence-electron chi connectivity index (χ3n) is 0. The SMILES string of the molecule is O=S(=O)([O-])[O-].[K+].[Na+]. The Morgan fingerprint density at radius 3 is 1.14 bits per heavy atom. The molecule has 0 radical (unpaired) electrons. The van der Waals surface area contributed by atoms with Gasteiger partial charge in [-0.05, 0) is 0 Å². The van der Waals surface area contributed by atoms with Gasteiger partial charge in [-0.25, -0.2) is 0 Å². The van der Waals surface area contributed by atoms with E-state index in [-0.39, 0.29) is 80.9 Å². The minimum absolute atomic E-state index is 0. The first kappa shape index (κ1) is 16.2. The first-order valence-electron chi connectivity index (χ1n) is 0.667. The molecular formula is KNaO4S. The monoisotopic (exact) mass is 158 g/mol. The predicted molar refractivity (Wildman–Crippen MR) is 10.5 cm³/mol. The van der Waals surface area contributed by atoms with Crippen LogP contribution in [0.2, 0.25) is 0 Å². The third-order valence-corrected chi connectivity index (χ3v) is 0. The summed E-state index contributed by atoms with van der Waals surface area (Å²) in [5.41, 5.74) is 0. The van der Waals surface area contributed by atoms with Crippen LogP contribution in [0.3, 0.4) is 0 Å². The summed E-state index contributed by atoms with van der Waals surface area (Å²) in [6.45, 7) is 0. The summed E-state index contributed by atoms with van der Waals surface area (Å²) in [5, 5.41) is 0. The molecule has 0 saturated heterocycles. The number of hydrogen-bond acceptors (Lipinski definition) is 4. The van der Waals surface area contributed by atoms with E-state index in [4.69, 9.17) is 17.5 Å². The molecule has 0 aromatic rings. The minimum Gasteiger partial charge on any atom is -0.759 e. The van der Waals surface area contributed by atoms with Crippen molar-refractivity contribution in [2.75, 3.05) is 0 Å². The molecule has 4 nitrogen and oxygen atoms in total. The molecule has 0 aromatic carbocycles. The molecule has 0 aliphatic carbocycles. The maximum atomic E-state index is 8.52. The maximum Gasteiger partial charge on any atom is 1.00 e. The van der Waals surface area contributed by atoms with Crippen molar-refractivity contribution < 1.29 is 98.5 Å². The van der Waals surface area contributed by atoms with Crippen molar-refractivity contribution in [2.45, 2.75) is 0 Å². The van der Waals surface area contributed by atoms with E-state index in [0.29, 0.717) is 0 Å². The maximum absolute atomic E-state index is 8.52. The van der Waals surface area contributed by atoms with Gasteiger partial charge in [-0.15, -0.1) is 0 Å². The zero-order valence-corrected chi connectivity index (χ0v) is 9.98. The van der Waals surface area contributed by atoms with Gasteiger partial charge in [0.2, 0.25) is 0 Å². The molecule has 0 aliphatic heterocycles. The molecule has 0 unspecified atom stereocenters. The smallest absolute Gasteiger partial charge is 0.759 e. The van der Waals surface area contributed by atoms with Crippen LogP contribution in [0.1, 0.15) is 0 Å². The molecular weight excluding hydrogens is 158 g/mol. The van der Waals surface area contributed by atoms with Crippen molar-refractivity contribution in [3.63, 3.8) is 0 Å². The number of rotatable bonds is 0. The molecule has 0 rings (SSSR count). The quantitative estimate of drug-likeness (QED) is 0.199. The van der Waals surface area contributed by atoms with E-state index >= 15 is 0 Å². The van der Waals surface area contributed by atoms with Crippen LogP contribution >= 0.6 is 0 Å². The van der Waals surface area contributed by atoms with Gasteiger partial charge in [-0.3, -0.25) is 8.42 Å². The first-order valence-corrected chi connectivity index (χ1v) is 2.00. The van der Waals surface area contributed by atoms with Gasteiger partial charge < -0.3 is 9.11 Å². The molecule has 0 bridgehead atoms. The van der Waals surface area contributed by atoms with Gasteiger partial charge in [0, 0.05) is 10.4 Å². The van der Waals surface area contributed by atoms with E-state index in [2.05, 4.69) is 0 Å². The molecule has 0 aromatic heterocycles. The van der Waals surface area contributed by atoms with Gasteiger partial charge in [-0.2, -0.15) is 0 Å². The van der Waals surface area contributed by atoms with Gasteiger partial charge in [-0.1, -0.05) is 0 Å². The second-order valence-electron chi connectivity index (χ2n) is 0.408. The Labute approximate surface area is 106 Å². The Balaban J connectivity index is -0.0000000800. The fourth-order valence-electron chi connectivity index (χ4n) is 0. The van der Waals surface area contributed by atoms with Gasteiger partial charge >= 0.3 is 80.9 Å². The summed E-state index contributed by atoms with van der Waals surface area (Å²) in [4.78, 5) is 0. The molecule has 0 fully saturated rings. The average molecular weight is 158 g/mol. The molecule has 0 atom stereocenters. The summed E-state index contributed by atoms with van der Waals surface area (Å²) in [7, 11) is -5.17. The van der Waals surface area contributed by atoms with E-state index in [1.807, 2.05) is 0 Å². The van der Waals surface area contributed by atoms with Crippen molar-refractivity contribution in [3.8, 4) is 0 Å². The molecule has 7 heteroatoms. The Morgan fingerprint density at radius 1 is 1.14 bits per heavy atom. The molecule has 0 heterocycles. The molecule has 0 saturated carbocycles. The largest absolute Gasteiger partial charge is 1.00 e. The molecule has 32 valence electrons. The second kappa shape index (κ2) is 6.62. The average Bonchev–Trinajstić information content (AvgIpc) is 0.722. The van der Waals surface area contributed by atoms with Crippen molar-refractivity contribution >= 4 is 10.4 Å². The summed E-state index contributed by atoms with van der Waals surface area (Å²) < 4.78 is 34.1. The first-order chi connectivity index (χ1) is 2.00.